The van der Waals surface area contributed by atoms with Crippen LogP contribution in [-0.4, -0.2) is 49.3 Å². The molecule has 0 radical (unpaired) electrons. The van der Waals surface area contributed by atoms with E-state index in [9.17, 15) is 4.79 Å². The molecule has 0 fully saturated rings. The molecule has 0 spiro atoms. The summed E-state index contributed by atoms with van der Waals surface area (Å²) in [6.07, 6.45) is 0.0268. The Balaban J connectivity index is 1.36. The number of methoxy groups -OCH3 is 1. The van der Waals surface area contributed by atoms with E-state index in [2.05, 4.69) is 51.0 Å². The van der Waals surface area contributed by atoms with Gasteiger partial charge in [-0.25, -0.2) is 10.4 Å². The molecule has 0 saturated carbocycles. The maximum atomic E-state index is 14.8. The number of carbonyl (C=O) groups is 1. The zero-order valence-corrected chi connectivity index (χ0v) is 29.4. The van der Waals surface area contributed by atoms with Crippen molar-refractivity contribution in [1.82, 2.24) is 10.9 Å². The van der Waals surface area contributed by atoms with Gasteiger partial charge in [-0.15, -0.1) is 0 Å². The van der Waals surface area contributed by atoms with Gasteiger partial charge >= 0.3 is 0 Å². The molecule has 6 rings (SSSR count). The van der Waals surface area contributed by atoms with Crippen LogP contribution >= 0.6 is 15.9 Å². The number of ether oxygens (including phenoxy) is 3. The van der Waals surface area contributed by atoms with Gasteiger partial charge in [0.1, 0.15) is 11.5 Å². The largest absolute Gasteiger partial charge is 0.497 e. The summed E-state index contributed by atoms with van der Waals surface area (Å²) in [6, 6.07) is 43.3. The highest BCUT2D eigenvalue weighted by atomic mass is 79.9. The van der Waals surface area contributed by atoms with E-state index in [4.69, 9.17) is 24.3 Å². The average molecular weight is 735 g/mol. The van der Waals surface area contributed by atoms with Crippen molar-refractivity contribution in [3.8, 4) is 11.5 Å². The summed E-state index contributed by atoms with van der Waals surface area (Å²) in [5, 5.41) is 9.12. The first kappa shape index (κ1) is 34.9. The first-order valence-electron chi connectivity index (χ1n) is 16.6. The van der Waals surface area contributed by atoms with Crippen LogP contribution < -0.4 is 20.3 Å². The summed E-state index contributed by atoms with van der Waals surface area (Å²) in [5.41, 5.74) is 9.57. The van der Waals surface area contributed by atoms with E-state index in [1.807, 2.05) is 109 Å². The van der Waals surface area contributed by atoms with Crippen LogP contribution in [0, 0.1) is 0 Å². The molecule has 5 aromatic carbocycles. The van der Waals surface area contributed by atoms with Gasteiger partial charge in [-0.2, -0.15) is 0 Å². The summed E-state index contributed by atoms with van der Waals surface area (Å²) in [7, 11) is 1.61. The lowest BCUT2D eigenvalue weighted by molar-refractivity contribution is -0.130. The number of halogens is 1. The summed E-state index contributed by atoms with van der Waals surface area (Å²) in [5.74, 6) is 1.32. The quantitative estimate of drug-likeness (QED) is 0.0780. The predicted molar refractivity (Wildman–Crippen MR) is 198 cm³/mol. The molecule has 1 aliphatic rings. The standard InChI is InChI=1S/C41H40BrN3O5/c1-48-36-15-8-14-33(26-36)38-41(27-29-16-20-34(42)21-17-29,44-39(50-38)32-18-22-35(23-19-32)49-25-9-24-46)40(47)45-43-28-37(30-10-4-2-5-11-30)31-12-6-3-7-13-31/h2-8,10-23,26,37-38,43,46H,9,24-25,27-28H2,1H3,(H,45,47)/t38-,41-/m0/s1. The van der Waals surface area contributed by atoms with Crippen molar-refractivity contribution < 1.29 is 24.1 Å². The Morgan fingerprint density at radius 2 is 1.56 bits per heavy atom. The molecule has 0 aromatic heterocycles. The van der Waals surface area contributed by atoms with E-state index in [-0.39, 0.29) is 24.9 Å². The first-order chi connectivity index (χ1) is 24.5. The van der Waals surface area contributed by atoms with Gasteiger partial charge in [-0.1, -0.05) is 101 Å². The number of hydrogen-bond donors (Lipinski definition) is 3. The number of benzene rings is 5. The number of aliphatic hydroxyl groups is 1. The van der Waals surface area contributed by atoms with Crippen molar-refractivity contribution in [2.75, 3.05) is 26.9 Å². The lowest BCUT2D eigenvalue weighted by Crippen LogP contribution is -2.54. The van der Waals surface area contributed by atoms with E-state index < -0.39 is 11.6 Å². The Bertz CT molecular complexity index is 1830. The van der Waals surface area contributed by atoms with Crippen LogP contribution in [-0.2, 0) is 16.0 Å². The molecule has 50 heavy (non-hydrogen) atoms. The molecular formula is C41H40BrN3O5. The second-order valence-electron chi connectivity index (χ2n) is 12.1. The van der Waals surface area contributed by atoms with Crippen molar-refractivity contribution in [2.45, 2.75) is 30.4 Å². The molecule has 0 unspecified atom stereocenters. The van der Waals surface area contributed by atoms with Crippen molar-refractivity contribution in [3.05, 3.63) is 166 Å². The summed E-state index contributed by atoms with van der Waals surface area (Å²) in [6.45, 7) is 0.919. The fraction of sp³-hybridized carbons (Fsp3) is 0.220. The third kappa shape index (κ3) is 8.25. The van der Waals surface area contributed by atoms with Gasteiger partial charge < -0.3 is 19.3 Å². The van der Waals surface area contributed by atoms with E-state index >= 15 is 0 Å². The van der Waals surface area contributed by atoms with Crippen molar-refractivity contribution in [2.24, 2.45) is 4.99 Å². The van der Waals surface area contributed by atoms with Crippen LogP contribution in [0.25, 0.3) is 0 Å². The molecule has 9 heteroatoms. The number of nitrogens with one attached hydrogen (secondary N) is 2. The number of aliphatic imine (C=N–C) groups is 1. The zero-order chi connectivity index (χ0) is 34.8. The van der Waals surface area contributed by atoms with Crippen LogP contribution in [0.3, 0.4) is 0 Å². The molecule has 2 atom stereocenters. The van der Waals surface area contributed by atoms with Crippen molar-refractivity contribution in [3.63, 3.8) is 0 Å². The van der Waals surface area contributed by atoms with Gasteiger partial charge in [0.25, 0.3) is 5.91 Å². The van der Waals surface area contributed by atoms with Gasteiger partial charge in [0, 0.05) is 41.9 Å². The highest BCUT2D eigenvalue weighted by Gasteiger charge is 2.53. The van der Waals surface area contributed by atoms with E-state index in [1.165, 1.54) is 0 Å². The number of carbonyl (C=O) groups excluding carboxylic acids is 1. The molecule has 256 valence electrons. The van der Waals surface area contributed by atoms with E-state index in [0.717, 1.165) is 26.7 Å². The molecule has 0 saturated heterocycles. The molecule has 0 aliphatic carbocycles. The third-order valence-corrected chi connectivity index (χ3v) is 9.25. The smallest absolute Gasteiger partial charge is 0.266 e. The zero-order valence-electron chi connectivity index (χ0n) is 27.8. The molecule has 3 N–H and O–H groups in total. The van der Waals surface area contributed by atoms with Crippen LogP contribution in [0.1, 0.15) is 46.3 Å². The van der Waals surface area contributed by atoms with E-state index in [1.54, 1.807) is 7.11 Å². The third-order valence-electron chi connectivity index (χ3n) is 8.73. The predicted octanol–water partition coefficient (Wildman–Crippen LogP) is 7.17. The lowest BCUT2D eigenvalue weighted by Gasteiger charge is -2.31. The topological polar surface area (TPSA) is 101 Å². The maximum absolute atomic E-state index is 14.8. The second-order valence-corrected chi connectivity index (χ2v) is 13.0. The number of amides is 1. The Hall–Kier alpha value is -4.96. The highest BCUT2D eigenvalue weighted by molar-refractivity contribution is 9.10. The van der Waals surface area contributed by atoms with E-state index in [0.29, 0.717) is 42.5 Å². The van der Waals surface area contributed by atoms with Gasteiger partial charge in [0.15, 0.2) is 11.6 Å². The minimum Gasteiger partial charge on any atom is -0.497 e. The van der Waals surface area contributed by atoms with Crippen LogP contribution in [0.4, 0.5) is 0 Å². The Labute approximate surface area is 301 Å². The molecule has 8 nitrogen and oxygen atoms in total. The van der Waals surface area contributed by atoms with Gasteiger partial charge in [0.2, 0.25) is 5.90 Å². The molecule has 1 heterocycles. The number of hydrogen-bond acceptors (Lipinski definition) is 7. The summed E-state index contributed by atoms with van der Waals surface area (Å²) in [4.78, 5) is 19.9. The summed E-state index contributed by atoms with van der Waals surface area (Å²) >= 11 is 3.54. The second kappa shape index (κ2) is 16.6. The monoisotopic (exact) mass is 733 g/mol. The molecular weight excluding hydrogens is 694 g/mol. The van der Waals surface area contributed by atoms with Gasteiger partial charge in [-0.3, -0.25) is 10.2 Å². The number of nitrogens with zero attached hydrogens (tertiary/aromatic N) is 1. The van der Waals surface area contributed by atoms with Crippen LogP contribution in [0.2, 0.25) is 0 Å². The van der Waals surface area contributed by atoms with Gasteiger partial charge in [0.05, 0.1) is 13.7 Å². The van der Waals surface area contributed by atoms with Crippen LogP contribution in [0.15, 0.2) is 143 Å². The Kier molecular flexibility index (Phi) is 11.6. The van der Waals surface area contributed by atoms with Crippen molar-refractivity contribution >= 4 is 27.7 Å². The van der Waals surface area contributed by atoms with Gasteiger partial charge in [-0.05, 0) is 70.8 Å². The SMILES string of the molecule is COc1cccc([C@@H]2OC(c3ccc(OCCCO)cc3)=N[C@]2(Cc2ccc(Br)cc2)C(=O)NNCC(c2ccccc2)c2ccccc2)c1. The fourth-order valence-electron chi connectivity index (χ4n) is 6.14. The number of hydrazine groups is 1. The normalized spacial score (nSPS) is 16.8. The number of rotatable bonds is 15. The summed E-state index contributed by atoms with van der Waals surface area (Å²) < 4.78 is 18.9. The minimum absolute atomic E-state index is 0.00805. The average Bonchev–Trinajstić information content (AvgIpc) is 3.55. The highest BCUT2D eigenvalue weighted by Crippen LogP contribution is 2.43. The molecule has 5 aromatic rings. The fourth-order valence-corrected chi connectivity index (χ4v) is 6.41. The maximum Gasteiger partial charge on any atom is 0.266 e. The Morgan fingerprint density at radius 3 is 2.20 bits per heavy atom. The lowest BCUT2D eigenvalue weighted by atomic mass is 9.82. The van der Waals surface area contributed by atoms with Crippen molar-refractivity contribution in [1.29, 1.82) is 0 Å². The number of aliphatic hydroxyl groups excluding tert-OH is 1. The first-order valence-corrected chi connectivity index (χ1v) is 17.4. The Morgan fingerprint density at radius 1 is 0.880 bits per heavy atom. The molecule has 1 amide bonds. The molecule has 0 bridgehead atoms. The van der Waals surface area contributed by atoms with Crippen LogP contribution in [0.5, 0.6) is 11.5 Å². The molecule has 1 aliphatic heterocycles. The minimum atomic E-state index is -1.40.